The van der Waals surface area contributed by atoms with Crippen LogP contribution < -0.4 is 0 Å². The fourth-order valence-electron chi connectivity index (χ4n) is 4.42. The molecule has 9 heteroatoms. The number of aromatic nitrogens is 2. The van der Waals surface area contributed by atoms with E-state index in [1.807, 2.05) is 6.07 Å². The highest BCUT2D eigenvalue weighted by Gasteiger charge is 2.28. The Hall–Kier alpha value is -2.78. The average Bonchev–Trinajstić information content (AvgIpc) is 3.48. The number of sulfonamides is 1. The Kier molecular flexibility index (Phi) is 7.33. The number of hydrogen-bond acceptors (Lipinski definition) is 4. The Balaban J connectivity index is 1.51. The predicted octanol–water partition coefficient (Wildman–Crippen LogP) is 3.96. The lowest BCUT2D eigenvalue weighted by molar-refractivity contribution is -0.130. The molecule has 0 spiro atoms. The fraction of sp³-hybridized carbons (Fsp3) is 0.440. The van der Waals surface area contributed by atoms with Gasteiger partial charge in [0.15, 0.2) is 0 Å². The van der Waals surface area contributed by atoms with Crippen LogP contribution in [0.4, 0.5) is 4.39 Å². The smallest absolute Gasteiger partial charge is 0.243 e. The maximum atomic E-state index is 13.1. The van der Waals surface area contributed by atoms with E-state index in [0.29, 0.717) is 31.6 Å². The van der Waals surface area contributed by atoms with Crippen LogP contribution >= 0.6 is 0 Å². The summed E-state index contributed by atoms with van der Waals surface area (Å²) in [5, 5.41) is 0. The minimum absolute atomic E-state index is 0.0308. The molecule has 0 saturated carbocycles. The molecule has 34 heavy (non-hydrogen) atoms. The molecular formula is C25H31FN4O3S. The summed E-state index contributed by atoms with van der Waals surface area (Å²) in [5.74, 6) is 0.441. The Morgan fingerprint density at radius 3 is 2.50 bits per heavy atom. The van der Waals surface area contributed by atoms with Crippen molar-refractivity contribution < 1.29 is 17.6 Å². The molecule has 4 rings (SSSR count). The molecule has 2 aromatic carbocycles. The number of carbonyl (C=O) groups is 1. The van der Waals surface area contributed by atoms with E-state index in [4.69, 9.17) is 4.98 Å². The van der Waals surface area contributed by atoms with Crippen LogP contribution in [0.15, 0.2) is 47.4 Å². The number of fused-ring (bicyclic) bond motifs is 1. The van der Waals surface area contributed by atoms with E-state index >= 15 is 0 Å². The van der Waals surface area contributed by atoms with Gasteiger partial charge in [-0.3, -0.25) is 4.79 Å². The second-order valence-electron chi connectivity index (χ2n) is 8.82. The molecule has 0 aliphatic carbocycles. The van der Waals surface area contributed by atoms with Crippen molar-refractivity contribution in [2.75, 3.05) is 20.1 Å². The first-order valence-electron chi connectivity index (χ1n) is 11.8. The summed E-state index contributed by atoms with van der Waals surface area (Å²) in [5.41, 5.74) is 2.38. The first-order chi connectivity index (χ1) is 16.3. The van der Waals surface area contributed by atoms with Crippen LogP contribution in [0.25, 0.3) is 11.0 Å². The molecule has 1 aliphatic heterocycles. The second kappa shape index (κ2) is 10.2. The zero-order chi connectivity index (χ0) is 24.3. The largest absolute Gasteiger partial charge is 0.341 e. The topological polar surface area (TPSA) is 75.5 Å². The Morgan fingerprint density at radius 1 is 1.12 bits per heavy atom. The number of carbonyl (C=O) groups excluding carboxylic acids is 1. The third kappa shape index (κ3) is 5.15. The normalized spacial score (nSPS) is 14.7. The first kappa shape index (κ1) is 24.3. The number of benzene rings is 2. The van der Waals surface area contributed by atoms with E-state index in [1.54, 1.807) is 36.2 Å². The third-order valence-corrected chi connectivity index (χ3v) is 8.16. The number of nitrogens with zero attached hydrogens (tertiary/aromatic N) is 4. The SMILES string of the molecule is CCCn1c(CCC(=O)N(C)Cc2ccc(F)cc2)nc2cc(S(=O)(=O)N3CCCC3)ccc21. The standard InChI is InChI=1S/C25H31FN4O3S/c1-3-14-30-23-11-10-21(34(32,33)29-15-4-5-16-29)17-22(23)27-24(30)12-13-25(31)28(2)18-19-6-8-20(26)9-7-19/h6-11,17H,3-5,12-16,18H2,1-2H3. The van der Waals surface area contributed by atoms with Gasteiger partial charge in [0.25, 0.3) is 0 Å². The van der Waals surface area contributed by atoms with E-state index in [0.717, 1.165) is 42.7 Å². The molecule has 1 aromatic heterocycles. The van der Waals surface area contributed by atoms with Gasteiger partial charge in [-0.25, -0.2) is 17.8 Å². The summed E-state index contributed by atoms with van der Waals surface area (Å²) in [6.45, 7) is 4.34. The zero-order valence-electron chi connectivity index (χ0n) is 19.7. The quantitative estimate of drug-likeness (QED) is 0.459. The van der Waals surface area contributed by atoms with Crippen LogP contribution in [0.3, 0.4) is 0 Å². The predicted molar refractivity (Wildman–Crippen MR) is 129 cm³/mol. The van der Waals surface area contributed by atoms with Gasteiger partial charge in [0.05, 0.1) is 15.9 Å². The molecule has 0 radical (unpaired) electrons. The minimum atomic E-state index is -3.52. The molecule has 2 heterocycles. The molecule has 0 N–H and O–H groups in total. The summed E-state index contributed by atoms with van der Waals surface area (Å²) in [7, 11) is -1.78. The zero-order valence-corrected chi connectivity index (χ0v) is 20.5. The molecule has 0 atom stereocenters. The van der Waals surface area contributed by atoms with Crippen molar-refractivity contribution in [1.29, 1.82) is 0 Å². The molecule has 0 unspecified atom stereocenters. The fourth-order valence-corrected chi connectivity index (χ4v) is 5.96. The number of imidazole rings is 1. The lowest BCUT2D eigenvalue weighted by atomic mass is 10.2. The highest BCUT2D eigenvalue weighted by molar-refractivity contribution is 7.89. The molecule has 1 saturated heterocycles. The van der Waals surface area contributed by atoms with Crippen molar-refractivity contribution in [3.63, 3.8) is 0 Å². The van der Waals surface area contributed by atoms with Gasteiger partial charge in [-0.05, 0) is 55.2 Å². The van der Waals surface area contributed by atoms with E-state index in [1.165, 1.54) is 16.4 Å². The Morgan fingerprint density at radius 2 is 1.82 bits per heavy atom. The summed E-state index contributed by atoms with van der Waals surface area (Å²) in [6.07, 6.45) is 3.41. The van der Waals surface area contributed by atoms with Gasteiger partial charge in [-0.15, -0.1) is 0 Å². The lowest BCUT2D eigenvalue weighted by Gasteiger charge is -2.17. The number of amides is 1. The number of hydrogen-bond donors (Lipinski definition) is 0. The molecule has 7 nitrogen and oxygen atoms in total. The van der Waals surface area contributed by atoms with Gasteiger partial charge >= 0.3 is 0 Å². The van der Waals surface area contributed by atoms with Crippen LogP contribution in [0.2, 0.25) is 0 Å². The van der Waals surface area contributed by atoms with Crippen LogP contribution in [-0.2, 0) is 34.3 Å². The van der Waals surface area contributed by atoms with Crippen LogP contribution in [0.1, 0.15) is 44.0 Å². The van der Waals surface area contributed by atoms with Crippen LogP contribution in [0.5, 0.6) is 0 Å². The highest BCUT2D eigenvalue weighted by Crippen LogP contribution is 2.26. The molecule has 1 amide bonds. The van der Waals surface area contributed by atoms with Crippen molar-refractivity contribution >= 4 is 27.0 Å². The monoisotopic (exact) mass is 486 g/mol. The first-order valence-corrected chi connectivity index (χ1v) is 13.2. The molecule has 1 fully saturated rings. The molecule has 0 bridgehead atoms. The molecular weight excluding hydrogens is 455 g/mol. The number of aryl methyl sites for hydroxylation is 2. The van der Waals surface area contributed by atoms with Crippen molar-refractivity contribution in [1.82, 2.24) is 18.8 Å². The van der Waals surface area contributed by atoms with Gasteiger partial charge in [-0.2, -0.15) is 4.31 Å². The third-order valence-electron chi connectivity index (χ3n) is 6.27. The van der Waals surface area contributed by atoms with E-state index in [2.05, 4.69) is 11.5 Å². The van der Waals surface area contributed by atoms with Crippen molar-refractivity contribution in [2.24, 2.45) is 0 Å². The van der Waals surface area contributed by atoms with Gasteiger partial charge < -0.3 is 9.47 Å². The van der Waals surface area contributed by atoms with Crippen molar-refractivity contribution in [2.45, 2.75) is 57.0 Å². The second-order valence-corrected chi connectivity index (χ2v) is 10.8. The van der Waals surface area contributed by atoms with Gasteiger partial charge in [0.1, 0.15) is 11.6 Å². The van der Waals surface area contributed by atoms with Gasteiger partial charge in [-0.1, -0.05) is 19.1 Å². The molecule has 3 aromatic rings. The maximum Gasteiger partial charge on any atom is 0.243 e. The number of halogens is 1. The van der Waals surface area contributed by atoms with E-state index in [9.17, 15) is 17.6 Å². The van der Waals surface area contributed by atoms with Crippen molar-refractivity contribution in [3.8, 4) is 0 Å². The molecule has 182 valence electrons. The van der Waals surface area contributed by atoms with Crippen molar-refractivity contribution in [3.05, 3.63) is 59.7 Å². The Labute approximate surface area is 200 Å². The Bertz CT molecular complexity index is 1270. The average molecular weight is 487 g/mol. The van der Waals surface area contributed by atoms with Gasteiger partial charge in [0.2, 0.25) is 15.9 Å². The van der Waals surface area contributed by atoms with E-state index in [-0.39, 0.29) is 23.0 Å². The van der Waals surface area contributed by atoms with E-state index < -0.39 is 10.0 Å². The minimum Gasteiger partial charge on any atom is -0.341 e. The summed E-state index contributed by atoms with van der Waals surface area (Å²) < 4.78 is 42.7. The summed E-state index contributed by atoms with van der Waals surface area (Å²) in [4.78, 5) is 19.4. The highest BCUT2D eigenvalue weighted by atomic mass is 32.2. The number of rotatable bonds is 9. The summed E-state index contributed by atoms with van der Waals surface area (Å²) in [6, 6.07) is 11.3. The summed E-state index contributed by atoms with van der Waals surface area (Å²) >= 11 is 0. The van der Waals surface area contributed by atoms with Gasteiger partial charge in [0, 0.05) is 46.1 Å². The van der Waals surface area contributed by atoms with Crippen LogP contribution in [0, 0.1) is 5.82 Å². The van der Waals surface area contributed by atoms with Crippen LogP contribution in [-0.4, -0.2) is 53.2 Å². The molecule has 1 aliphatic rings. The lowest BCUT2D eigenvalue weighted by Crippen LogP contribution is -2.27. The maximum absolute atomic E-state index is 13.1.